The molecule has 3 N–H and O–H groups in total. The van der Waals surface area contributed by atoms with Gasteiger partial charge in [0.1, 0.15) is 0 Å². The lowest BCUT2D eigenvalue weighted by Crippen LogP contribution is -2.53. The average Bonchev–Trinajstić information content (AvgIpc) is 2.28. The fraction of sp³-hybridized carbons (Fsp3) is 0.364. The van der Waals surface area contributed by atoms with Crippen LogP contribution in [0.4, 0.5) is 0 Å². The van der Waals surface area contributed by atoms with Crippen molar-refractivity contribution in [2.24, 2.45) is 0 Å². The molecule has 1 atom stereocenters. The Morgan fingerprint density at radius 1 is 1.38 bits per heavy atom. The first-order chi connectivity index (χ1) is 7.74. The quantitative estimate of drug-likeness (QED) is 0.718. The molecule has 0 radical (unpaired) electrons. The summed E-state index contributed by atoms with van der Waals surface area (Å²) in [5.74, 6) is 0. The van der Waals surface area contributed by atoms with Crippen molar-refractivity contribution in [2.45, 2.75) is 19.1 Å². The fourth-order valence-corrected chi connectivity index (χ4v) is 1.96. The highest BCUT2D eigenvalue weighted by atomic mass is 35.5. The first-order valence-corrected chi connectivity index (χ1v) is 6.00. The van der Waals surface area contributed by atoms with Crippen LogP contribution < -0.4 is 16.0 Å². The van der Waals surface area contributed by atoms with Crippen molar-refractivity contribution in [1.29, 1.82) is 0 Å². The van der Waals surface area contributed by atoms with Crippen LogP contribution in [0.2, 0.25) is 5.02 Å². The molecule has 0 amide bonds. The van der Waals surface area contributed by atoms with Crippen molar-refractivity contribution in [3.63, 3.8) is 0 Å². The molecule has 5 heteroatoms. The van der Waals surface area contributed by atoms with Gasteiger partial charge in [-0.25, -0.2) is 0 Å². The van der Waals surface area contributed by atoms with Crippen molar-refractivity contribution in [1.82, 2.24) is 16.0 Å². The van der Waals surface area contributed by atoms with Gasteiger partial charge in [0, 0.05) is 18.0 Å². The lowest BCUT2D eigenvalue weighted by molar-refractivity contribution is 0.407. The lowest BCUT2D eigenvalue weighted by Gasteiger charge is -2.26. The van der Waals surface area contributed by atoms with Gasteiger partial charge in [0.2, 0.25) is 0 Å². The maximum atomic E-state index is 5.82. The fourth-order valence-electron chi connectivity index (χ4n) is 1.59. The summed E-state index contributed by atoms with van der Waals surface area (Å²) < 4.78 is 0. The molecule has 1 heterocycles. The number of hydrogen-bond acceptors (Lipinski definition) is 3. The van der Waals surface area contributed by atoms with E-state index in [4.69, 9.17) is 23.8 Å². The summed E-state index contributed by atoms with van der Waals surface area (Å²) in [5.41, 5.74) is 1.22. The molecule has 0 saturated carbocycles. The third-order valence-corrected chi connectivity index (χ3v) is 3.05. The van der Waals surface area contributed by atoms with Crippen molar-refractivity contribution in [2.75, 3.05) is 6.67 Å². The molecule has 1 fully saturated rings. The number of benzene rings is 1. The molecule has 1 saturated heterocycles. The van der Waals surface area contributed by atoms with Crippen LogP contribution in [0.1, 0.15) is 12.0 Å². The van der Waals surface area contributed by atoms with Crippen LogP contribution in [0.3, 0.4) is 0 Å². The summed E-state index contributed by atoms with van der Waals surface area (Å²) in [4.78, 5) is 0.910. The molecule has 1 aromatic carbocycles. The molecule has 0 bridgehead atoms. The van der Waals surface area contributed by atoms with E-state index in [9.17, 15) is 0 Å². The summed E-state index contributed by atoms with van der Waals surface area (Å²) in [5, 5.41) is 10.6. The molecule has 1 aliphatic rings. The molecule has 86 valence electrons. The largest absolute Gasteiger partial charge is 0.367 e. The van der Waals surface area contributed by atoms with E-state index in [1.807, 2.05) is 24.3 Å². The highest BCUT2D eigenvalue weighted by Crippen LogP contribution is 2.09. The van der Waals surface area contributed by atoms with Crippen LogP contribution in [-0.4, -0.2) is 17.8 Å². The SMILES string of the molecule is S=C1CC(NCc2ccc(Cl)cc2)NCN1. The molecule has 0 spiro atoms. The maximum absolute atomic E-state index is 5.82. The van der Waals surface area contributed by atoms with Crippen LogP contribution in [0.25, 0.3) is 0 Å². The van der Waals surface area contributed by atoms with E-state index >= 15 is 0 Å². The number of hydrogen-bond donors (Lipinski definition) is 3. The van der Waals surface area contributed by atoms with E-state index in [2.05, 4.69) is 16.0 Å². The minimum absolute atomic E-state index is 0.254. The highest BCUT2D eigenvalue weighted by molar-refractivity contribution is 7.80. The van der Waals surface area contributed by atoms with Crippen molar-refractivity contribution in [3.8, 4) is 0 Å². The summed E-state index contributed by atoms with van der Waals surface area (Å²) in [6.07, 6.45) is 1.09. The predicted octanol–water partition coefficient (Wildman–Crippen LogP) is 1.62. The van der Waals surface area contributed by atoms with Crippen molar-refractivity contribution >= 4 is 28.8 Å². The molecule has 0 aromatic heterocycles. The minimum Gasteiger partial charge on any atom is -0.367 e. The first-order valence-electron chi connectivity index (χ1n) is 5.22. The normalized spacial score (nSPS) is 20.6. The first kappa shape index (κ1) is 11.8. The van der Waals surface area contributed by atoms with Crippen LogP contribution in [0.15, 0.2) is 24.3 Å². The Morgan fingerprint density at radius 3 is 2.81 bits per heavy atom. The minimum atomic E-state index is 0.254. The Bertz CT molecular complexity index is 366. The molecular weight excluding hydrogens is 242 g/mol. The number of thiocarbonyl (C=S) groups is 1. The van der Waals surface area contributed by atoms with Gasteiger partial charge in [-0.1, -0.05) is 36.0 Å². The van der Waals surface area contributed by atoms with E-state index < -0.39 is 0 Å². The zero-order valence-corrected chi connectivity index (χ0v) is 10.4. The Morgan fingerprint density at radius 2 is 2.12 bits per heavy atom. The van der Waals surface area contributed by atoms with Gasteiger partial charge in [-0.15, -0.1) is 0 Å². The van der Waals surface area contributed by atoms with E-state index in [1.54, 1.807) is 0 Å². The zero-order chi connectivity index (χ0) is 11.4. The molecule has 16 heavy (non-hydrogen) atoms. The zero-order valence-electron chi connectivity index (χ0n) is 8.79. The second-order valence-electron chi connectivity index (χ2n) is 3.74. The molecule has 1 aromatic rings. The summed E-state index contributed by atoms with van der Waals surface area (Å²) in [6, 6.07) is 7.85. The van der Waals surface area contributed by atoms with E-state index in [0.717, 1.165) is 29.6 Å². The van der Waals surface area contributed by atoms with Gasteiger partial charge >= 0.3 is 0 Å². The maximum Gasteiger partial charge on any atom is 0.0792 e. The monoisotopic (exact) mass is 255 g/mol. The van der Waals surface area contributed by atoms with Gasteiger partial charge < -0.3 is 5.32 Å². The van der Waals surface area contributed by atoms with Gasteiger partial charge in [-0.3, -0.25) is 10.6 Å². The summed E-state index contributed by atoms with van der Waals surface area (Å²) >= 11 is 10.9. The van der Waals surface area contributed by atoms with E-state index in [-0.39, 0.29) is 6.17 Å². The average molecular weight is 256 g/mol. The number of halogens is 1. The third-order valence-electron chi connectivity index (χ3n) is 2.49. The molecule has 1 aliphatic heterocycles. The molecule has 1 unspecified atom stereocenters. The second-order valence-corrected chi connectivity index (χ2v) is 4.67. The molecule has 3 nitrogen and oxygen atoms in total. The summed E-state index contributed by atoms with van der Waals surface area (Å²) in [7, 11) is 0. The second kappa shape index (κ2) is 5.59. The van der Waals surface area contributed by atoms with Gasteiger partial charge in [-0.05, 0) is 17.7 Å². The van der Waals surface area contributed by atoms with Crippen molar-refractivity contribution in [3.05, 3.63) is 34.9 Å². The third kappa shape index (κ3) is 3.42. The van der Waals surface area contributed by atoms with Crippen molar-refractivity contribution < 1.29 is 0 Å². The standard InChI is InChI=1S/C11H14ClN3S/c12-9-3-1-8(2-4-9)6-13-10-5-11(16)15-7-14-10/h1-4,10,13-14H,5-7H2,(H,15,16). The Labute approximate surface area is 106 Å². The lowest BCUT2D eigenvalue weighted by atomic mass is 10.2. The van der Waals surface area contributed by atoms with Crippen LogP contribution in [0.5, 0.6) is 0 Å². The van der Waals surface area contributed by atoms with Crippen LogP contribution in [0, 0.1) is 0 Å². The van der Waals surface area contributed by atoms with Crippen LogP contribution >= 0.6 is 23.8 Å². The topological polar surface area (TPSA) is 36.1 Å². The Balaban J connectivity index is 1.82. The Kier molecular flexibility index (Phi) is 4.12. The number of rotatable bonds is 3. The van der Waals surface area contributed by atoms with Gasteiger partial charge in [0.15, 0.2) is 0 Å². The van der Waals surface area contributed by atoms with Gasteiger partial charge in [0.05, 0.1) is 17.8 Å². The number of nitrogens with one attached hydrogen (secondary N) is 3. The van der Waals surface area contributed by atoms with E-state index in [1.165, 1.54) is 5.56 Å². The summed E-state index contributed by atoms with van der Waals surface area (Å²) in [6.45, 7) is 1.55. The highest BCUT2D eigenvalue weighted by Gasteiger charge is 2.14. The van der Waals surface area contributed by atoms with Gasteiger partial charge in [-0.2, -0.15) is 0 Å². The van der Waals surface area contributed by atoms with E-state index in [0.29, 0.717) is 0 Å². The van der Waals surface area contributed by atoms with Gasteiger partial charge in [0.25, 0.3) is 0 Å². The Hall–Kier alpha value is -0.680. The molecular formula is C11H14ClN3S. The van der Waals surface area contributed by atoms with Crippen LogP contribution in [-0.2, 0) is 6.54 Å². The molecule has 0 aliphatic carbocycles. The molecule has 2 rings (SSSR count). The smallest absolute Gasteiger partial charge is 0.0792 e. The predicted molar refractivity (Wildman–Crippen MR) is 70.4 cm³/mol.